The zero-order valence-corrected chi connectivity index (χ0v) is 11.7. The van der Waals surface area contributed by atoms with Crippen molar-refractivity contribution >= 4 is 11.6 Å². The van der Waals surface area contributed by atoms with E-state index in [1.807, 2.05) is 30.3 Å². The summed E-state index contributed by atoms with van der Waals surface area (Å²) in [6.45, 7) is 0.151. The lowest BCUT2D eigenvalue weighted by Gasteiger charge is -2.16. The average molecular weight is 275 g/mol. The minimum Gasteiger partial charge on any atom is -0.396 e. The first-order valence-corrected chi connectivity index (χ1v) is 7.08. The van der Waals surface area contributed by atoms with E-state index in [0.717, 1.165) is 29.8 Å². The molecular weight excluding hydrogens is 256 g/mol. The molecule has 1 N–H and O–H groups in total. The Bertz CT molecular complexity index is 496. The predicted octanol–water partition coefficient (Wildman–Crippen LogP) is 4.44. The van der Waals surface area contributed by atoms with Gasteiger partial charge < -0.3 is 5.11 Å². The number of aryl methyl sites for hydroxylation is 1. The Morgan fingerprint density at radius 1 is 0.947 bits per heavy atom. The highest BCUT2D eigenvalue weighted by molar-refractivity contribution is 6.31. The fourth-order valence-corrected chi connectivity index (χ4v) is 2.64. The molecule has 0 spiro atoms. The molecule has 0 aliphatic carbocycles. The first kappa shape index (κ1) is 14.1. The SMILES string of the molecule is OCC(CCCc1ccccc1)c1ccccc1Cl. The lowest BCUT2D eigenvalue weighted by atomic mass is 9.93. The summed E-state index contributed by atoms with van der Waals surface area (Å²) in [5.74, 6) is 0.136. The zero-order valence-electron chi connectivity index (χ0n) is 10.9. The van der Waals surface area contributed by atoms with Crippen molar-refractivity contribution in [2.24, 2.45) is 0 Å². The van der Waals surface area contributed by atoms with E-state index in [4.69, 9.17) is 11.6 Å². The second-order valence-electron chi connectivity index (χ2n) is 4.78. The van der Waals surface area contributed by atoms with Gasteiger partial charge in [-0.05, 0) is 36.5 Å². The summed E-state index contributed by atoms with van der Waals surface area (Å²) in [5.41, 5.74) is 2.40. The molecule has 0 saturated carbocycles. The number of aliphatic hydroxyl groups excluding tert-OH is 1. The average Bonchev–Trinajstić information content (AvgIpc) is 2.46. The van der Waals surface area contributed by atoms with Crippen molar-refractivity contribution in [1.29, 1.82) is 0 Å². The van der Waals surface area contributed by atoms with Gasteiger partial charge in [-0.2, -0.15) is 0 Å². The largest absolute Gasteiger partial charge is 0.396 e. The Labute approximate surface area is 119 Å². The van der Waals surface area contributed by atoms with Crippen LogP contribution in [0.25, 0.3) is 0 Å². The molecule has 1 atom stereocenters. The number of benzene rings is 2. The smallest absolute Gasteiger partial charge is 0.0500 e. The van der Waals surface area contributed by atoms with Crippen molar-refractivity contribution in [2.45, 2.75) is 25.2 Å². The van der Waals surface area contributed by atoms with Gasteiger partial charge in [0.05, 0.1) is 0 Å². The summed E-state index contributed by atoms with van der Waals surface area (Å²) in [5, 5.41) is 10.3. The second-order valence-corrected chi connectivity index (χ2v) is 5.19. The molecule has 19 heavy (non-hydrogen) atoms. The van der Waals surface area contributed by atoms with Gasteiger partial charge in [0.15, 0.2) is 0 Å². The Kier molecular flexibility index (Phi) is 5.44. The van der Waals surface area contributed by atoms with Gasteiger partial charge in [-0.1, -0.05) is 60.1 Å². The fraction of sp³-hybridized carbons (Fsp3) is 0.294. The van der Waals surface area contributed by atoms with Gasteiger partial charge in [0.2, 0.25) is 0 Å². The van der Waals surface area contributed by atoms with Crippen molar-refractivity contribution in [1.82, 2.24) is 0 Å². The number of rotatable bonds is 6. The molecule has 0 aromatic heterocycles. The summed E-state index contributed by atoms with van der Waals surface area (Å²) < 4.78 is 0. The normalized spacial score (nSPS) is 12.3. The third kappa shape index (κ3) is 4.09. The number of hydrogen-bond acceptors (Lipinski definition) is 1. The van der Waals surface area contributed by atoms with E-state index in [2.05, 4.69) is 24.3 Å². The zero-order chi connectivity index (χ0) is 13.5. The van der Waals surface area contributed by atoms with Crippen LogP contribution < -0.4 is 0 Å². The molecule has 0 heterocycles. The van der Waals surface area contributed by atoms with E-state index >= 15 is 0 Å². The van der Waals surface area contributed by atoms with Crippen molar-refractivity contribution in [3.8, 4) is 0 Å². The van der Waals surface area contributed by atoms with Crippen LogP contribution in [-0.4, -0.2) is 11.7 Å². The van der Waals surface area contributed by atoms with Gasteiger partial charge >= 0.3 is 0 Å². The molecule has 0 radical (unpaired) electrons. The molecule has 100 valence electrons. The topological polar surface area (TPSA) is 20.2 Å². The van der Waals surface area contributed by atoms with E-state index in [1.54, 1.807) is 0 Å². The van der Waals surface area contributed by atoms with E-state index in [1.165, 1.54) is 5.56 Å². The highest BCUT2D eigenvalue weighted by atomic mass is 35.5. The standard InChI is InChI=1S/C17H19ClO/c18-17-12-5-4-11-16(17)15(13-19)10-6-9-14-7-2-1-3-8-14/h1-5,7-8,11-12,15,19H,6,9-10,13H2. The molecule has 1 nitrogen and oxygen atoms in total. The van der Waals surface area contributed by atoms with Crippen LogP contribution in [0.1, 0.15) is 29.9 Å². The van der Waals surface area contributed by atoms with E-state index in [-0.39, 0.29) is 12.5 Å². The van der Waals surface area contributed by atoms with Crippen molar-refractivity contribution in [3.63, 3.8) is 0 Å². The summed E-state index contributed by atoms with van der Waals surface area (Å²) in [6.07, 6.45) is 3.05. The first-order valence-electron chi connectivity index (χ1n) is 6.70. The molecule has 1 unspecified atom stereocenters. The molecule has 2 aromatic rings. The van der Waals surface area contributed by atoms with Crippen molar-refractivity contribution < 1.29 is 5.11 Å². The van der Waals surface area contributed by atoms with Crippen LogP contribution in [0.15, 0.2) is 54.6 Å². The van der Waals surface area contributed by atoms with Crippen LogP contribution in [0.2, 0.25) is 5.02 Å². The minimum atomic E-state index is 0.136. The maximum Gasteiger partial charge on any atom is 0.0500 e. The van der Waals surface area contributed by atoms with Gasteiger partial charge in [-0.3, -0.25) is 0 Å². The van der Waals surface area contributed by atoms with Crippen molar-refractivity contribution in [3.05, 3.63) is 70.7 Å². The van der Waals surface area contributed by atoms with E-state index < -0.39 is 0 Å². The lowest BCUT2D eigenvalue weighted by molar-refractivity contribution is 0.257. The Balaban J connectivity index is 1.92. The monoisotopic (exact) mass is 274 g/mol. The predicted molar refractivity (Wildman–Crippen MR) is 80.7 cm³/mol. The minimum absolute atomic E-state index is 0.136. The Morgan fingerprint density at radius 3 is 2.32 bits per heavy atom. The van der Waals surface area contributed by atoms with Gasteiger partial charge in [-0.15, -0.1) is 0 Å². The Morgan fingerprint density at radius 2 is 1.63 bits per heavy atom. The second kappa shape index (κ2) is 7.32. The molecule has 2 heteroatoms. The third-order valence-electron chi connectivity index (χ3n) is 3.43. The highest BCUT2D eigenvalue weighted by Crippen LogP contribution is 2.28. The molecule has 0 fully saturated rings. The first-order chi connectivity index (χ1) is 9.31. The molecule has 2 rings (SSSR count). The van der Waals surface area contributed by atoms with E-state index in [0.29, 0.717) is 0 Å². The molecule has 0 aliphatic heterocycles. The van der Waals surface area contributed by atoms with Crippen LogP contribution in [0, 0.1) is 0 Å². The van der Waals surface area contributed by atoms with Gasteiger partial charge in [0, 0.05) is 17.5 Å². The molecule has 0 aliphatic rings. The van der Waals surface area contributed by atoms with Gasteiger partial charge in [0.1, 0.15) is 0 Å². The van der Waals surface area contributed by atoms with Crippen LogP contribution in [0.3, 0.4) is 0 Å². The maximum absolute atomic E-state index is 9.54. The summed E-state index contributed by atoms with van der Waals surface area (Å²) in [6, 6.07) is 18.2. The molecule has 0 bridgehead atoms. The maximum atomic E-state index is 9.54. The van der Waals surface area contributed by atoms with Crippen LogP contribution in [-0.2, 0) is 6.42 Å². The van der Waals surface area contributed by atoms with Crippen LogP contribution in [0.5, 0.6) is 0 Å². The summed E-state index contributed by atoms with van der Waals surface area (Å²) >= 11 is 6.18. The molecule has 0 amide bonds. The highest BCUT2D eigenvalue weighted by Gasteiger charge is 2.13. The number of aliphatic hydroxyl groups is 1. The fourth-order valence-electron chi connectivity index (χ4n) is 2.35. The lowest BCUT2D eigenvalue weighted by Crippen LogP contribution is -2.05. The molecule has 0 saturated heterocycles. The molecular formula is C17H19ClO. The van der Waals surface area contributed by atoms with Crippen LogP contribution in [0.4, 0.5) is 0 Å². The summed E-state index contributed by atoms with van der Waals surface area (Å²) in [7, 11) is 0. The summed E-state index contributed by atoms with van der Waals surface area (Å²) in [4.78, 5) is 0. The van der Waals surface area contributed by atoms with Crippen molar-refractivity contribution in [2.75, 3.05) is 6.61 Å². The van der Waals surface area contributed by atoms with E-state index in [9.17, 15) is 5.11 Å². The molecule has 2 aromatic carbocycles. The van der Waals surface area contributed by atoms with Gasteiger partial charge in [0.25, 0.3) is 0 Å². The van der Waals surface area contributed by atoms with Gasteiger partial charge in [-0.25, -0.2) is 0 Å². The number of halogens is 1. The Hall–Kier alpha value is -1.31. The third-order valence-corrected chi connectivity index (χ3v) is 3.77. The van der Waals surface area contributed by atoms with Crippen LogP contribution >= 0.6 is 11.6 Å². The number of hydrogen-bond donors (Lipinski definition) is 1. The quantitative estimate of drug-likeness (QED) is 0.826.